The molecule has 0 saturated heterocycles. The van der Waals surface area contributed by atoms with Crippen LogP contribution in [0.4, 0.5) is 0 Å². The summed E-state index contributed by atoms with van der Waals surface area (Å²) >= 11 is 0. The van der Waals surface area contributed by atoms with Gasteiger partial charge in [0.05, 0.1) is 12.8 Å². The molecular weight excluding hydrogens is 443 g/mol. The first-order valence-electron chi connectivity index (χ1n) is 9.16. The molecule has 2 aromatic heterocycles. The predicted octanol–water partition coefficient (Wildman–Crippen LogP) is 3.69. The Balaban J connectivity index is -0.000000335. The molecule has 0 unspecified atom stereocenters. The largest absolute Gasteiger partial charge is 0.311 e. The minimum Gasteiger partial charge on any atom is -0.311 e. The number of ketones is 4. The van der Waals surface area contributed by atoms with Gasteiger partial charge in [-0.25, -0.2) is 9.97 Å². The average molecular weight is 475 g/mol. The average Bonchev–Trinajstić information content (AvgIpc) is 3.21. The maximum Gasteiger partial charge on any atom is 0.137 e. The van der Waals surface area contributed by atoms with Gasteiger partial charge in [0.2, 0.25) is 0 Å². The molecular formula is C22H32N4NiO4. The molecule has 2 rings (SSSR count). The Morgan fingerprint density at radius 1 is 0.742 bits per heavy atom. The fourth-order valence-electron chi connectivity index (χ4n) is 1.86. The maximum atomic E-state index is 10.0. The Hall–Kier alpha value is -2.93. The molecule has 174 valence electrons. The third-order valence-corrected chi connectivity index (χ3v) is 3.11. The number of aromatic nitrogens is 4. The van der Waals surface area contributed by atoms with Gasteiger partial charge in [-0.15, -0.1) is 0 Å². The van der Waals surface area contributed by atoms with Crippen molar-refractivity contribution in [3.63, 3.8) is 0 Å². The van der Waals surface area contributed by atoms with E-state index in [-0.39, 0.29) is 52.5 Å². The molecule has 2 aromatic rings. The first-order valence-corrected chi connectivity index (χ1v) is 9.16. The van der Waals surface area contributed by atoms with Gasteiger partial charge in [-0.1, -0.05) is 13.2 Å². The number of hydrogen-bond donors (Lipinski definition) is 0. The van der Waals surface area contributed by atoms with Crippen LogP contribution in [0.25, 0.3) is 12.4 Å². The summed E-state index contributed by atoms with van der Waals surface area (Å²) in [6.07, 6.45) is 10.8. The molecule has 2 heterocycles. The van der Waals surface area contributed by atoms with E-state index >= 15 is 0 Å². The number of imidazole rings is 2. The first-order chi connectivity index (χ1) is 13.9. The van der Waals surface area contributed by atoms with E-state index in [0.717, 1.165) is 11.6 Å². The standard InChI is InChI=1S/2C6H8N2.2C5H8O2.Ni/c2*1-3-8-5-4-7-6(8)2;2*1-4(6)3-5(2)7;/h2*3-5H,1H2,2H3;2*3H2,1-2H3;. The van der Waals surface area contributed by atoms with Crippen molar-refractivity contribution in [2.45, 2.75) is 54.4 Å². The fraction of sp³-hybridized carbons (Fsp3) is 0.364. The Kier molecular flexibility index (Phi) is 20.1. The summed E-state index contributed by atoms with van der Waals surface area (Å²) in [5.74, 6) is 1.69. The summed E-state index contributed by atoms with van der Waals surface area (Å²) in [6, 6.07) is 0. The zero-order valence-electron chi connectivity index (χ0n) is 19.0. The predicted molar refractivity (Wildman–Crippen MR) is 119 cm³/mol. The van der Waals surface area contributed by atoms with E-state index in [1.807, 2.05) is 35.4 Å². The van der Waals surface area contributed by atoms with Gasteiger partial charge in [-0.3, -0.25) is 19.2 Å². The van der Waals surface area contributed by atoms with Gasteiger partial charge in [-0.2, -0.15) is 0 Å². The molecule has 0 aliphatic rings. The third kappa shape index (κ3) is 20.1. The van der Waals surface area contributed by atoms with E-state index in [9.17, 15) is 19.2 Å². The molecule has 0 aliphatic heterocycles. The van der Waals surface area contributed by atoms with Crippen molar-refractivity contribution in [1.29, 1.82) is 0 Å². The summed E-state index contributed by atoms with van der Waals surface area (Å²) in [7, 11) is 0. The van der Waals surface area contributed by atoms with Crippen molar-refractivity contribution in [2.24, 2.45) is 0 Å². The second-order valence-electron chi connectivity index (χ2n) is 6.29. The van der Waals surface area contributed by atoms with Gasteiger partial charge in [0.15, 0.2) is 0 Å². The quantitative estimate of drug-likeness (QED) is 0.467. The van der Waals surface area contributed by atoms with Crippen LogP contribution in [0, 0.1) is 13.8 Å². The van der Waals surface area contributed by atoms with E-state index in [1.165, 1.54) is 27.7 Å². The van der Waals surface area contributed by atoms with Crippen LogP contribution in [-0.2, 0) is 35.7 Å². The van der Waals surface area contributed by atoms with Gasteiger partial charge in [0.25, 0.3) is 0 Å². The Morgan fingerprint density at radius 3 is 1.06 bits per heavy atom. The van der Waals surface area contributed by atoms with Crippen LogP contribution in [0.15, 0.2) is 37.9 Å². The number of carbonyl (C=O) groups excluding carboxylic acids is 4. The van der Waals surface area contributed by atoms with Crippen LogP contribution < -0.4 is 0 Å². The summed E-state index contributed by atoms with van der Waals surface area (Å²) in [6.45, 7) is 16.7. The molecule has 0 aliphatic carbocycles. The second-order valence-corrected chi connectivity index (χ2v) is 6.29. The van der Waals surface area contributed by atoms with Gasteiger partial charge in [-0.05, 0) is 41.5 Å². The zero-order chi connectivity index (χ0) is 23.7. The van der Waals surface area contributed by atoms with Gasteiger partial charge in [0.1, 0.15) is 34.8 Å². The van der Waals surface area contributed by atoms with Gasteiger partial charge < -0.3 is 9.13 Å². The van der Waals surface area contributed by atoms with Crippen molar-refractivity contribution in [1.82, 2.24) is 19.1 Å². The number of nitrogens with zero attached hydrogens (tertiary/aromatic N) is 4. The molecule has 0 bridgehead atoms. The van der Waals surface area contributed by atoms with Gasteiger partial charge in [0, 0.05) is 53.7 Å². The van der Waals surface area contributed by atoms with Crippen LogP contribution in [0.1, 0.15) is 52.2 Å². The Labute approximate surface area is 194 Å². The van der Waals surface area contributed by atoms with Crippen molar-refractivity contribution in [3.05, 3.63) is 49.6 Å². The van der Waals surface area contributed by atoms with Crippen molar-refractivity contribution < 1.29 is 35.7 Å². The molecule has 0 aromatic carbocycles. The molecule has 0 fully saturated rings. The summed E-state index contributed by atoms with van der Waals surface area (Å²) in [5.41, 5.74) is 0. The molecule has 8 nitrogen and oxygen atoms in total. The molecule has 0 atom stereocenters. The van der Waals surface area contributed by atoms with Crippen LogP contribution in [0.5, 0.6) is 0 Å². The van der Waals surface area contributed by atoms with E-state index in [0.29, 0.717) is 0 Å². The molecule has 0 amide bonds. The van der Waals surface area contributed by atoms with E-state index in [4.69, 9.17) is 0 Å². The Morgan fingerprint density at radius 2 is 1.00 bits per heavy atom. The zero-order valence-corrected chi connectivity index (χ0v) is 20.0. The van der Waals surface area contributed by atoms with Crippen molar-refractivity contribution >= 4 is 35.5 Å². The van der Waals surface area contributed by atoms with Crippen molar-refractivity contribution in [2.75, 3.05) is 0 Å². The summed E-state index contributed by atoms with van der Waals surface area (Å²) < 4.78 is 3.72. The molecule has 0 radical (unpaired) electrons. The van der Waals surface area contributed by atoms with E-state index < -0.39 is 0 Å². The normalized spacial score (nSPS) is 8.45. The minimum atomic E-state index is -0.0625. The topological polar surface area (TPSA) is 104 Å². The van der Waals surface area contributed by atoms with Crippen molar-refractivity contribution in [3.8, 4) is 0 Å². The molecule has 9 heteroatoms. The van der Waals surface area contributed by atoms with Crippen LogP contribution in [-0.4, -0.2) is 42.2 Å². The molecule has 0 spiro atoms. The SMILES string of the molecule is C=Cn1ccnc1C.C=Cn1ccnc1C.CC(=O)CC(C)=O.CC(=O)CC(C)=O.[Ni]. The smallest absolute Gasteiger partial charge is 0.137 e. The maximum absolute atomic E-state index is 10.0. The summed E-state index contributed by atoms with van der Waals surface area (Å²) in [5, 5.41) is 0. The van der Waals surface area contributed by atoms with E-state index in [1.54, 1.807) is 24.8 Å². The molecule has 0 saturated carbocycles. The molecule has 31 heavy (non-hydrogen) atoms. The van der Waals surface area contributed by atoms with Gasteiger partial charge >= 0.3 is 0 Å². The second kappa shape index (κ2) is 19.1. The Bertz CT molecular complexity index is 759. The number of carbonyl (C=O) groups is 4. The van der Waals surface area contributed by atoms with Crippen LogP contribution in [0.3, 0.4) is 0 Å². The monoisotopic (exact) mass is 474 g/mol. The van der Waals surface area contributed by atoms with E-state index in [2.05, 4.69) is 23.1 Å². The number of Topliss-reactive ketones (excluding diaryl/α,β-unsaturated/α-hetero) is 4. The third-order valence-electron chi connectivity index (χ3n) is 3.11. The first kappa shape index (κ1) is 32.7. The number of rotatable bonds is 6. The van der Waals surface area contributed by atoms with Crippen LogP contribution in [0.2, 0.25) is 0 Å². The number of aryl methyl sites for hydroxylation is 2. The fourth-order valence-corrected chi connectivity index (χ4v) is 1.86. The summed E-state index contributed by atoms with van der Waals surface area (Å²) in [4.78, 5) is 48.1. The van der Waals surface area contributed by atoms with Crippen LogP contribution >= 0.6 is 0 Å². The number of hydrogen-bond acceptors (Lipinski definition) is 6. The minimum absolute atomic E-state index is 0. The molecule has 0 N–H and O–H groups in total.